The Kier molecular flexibility index (Phi) is 6.89. The number of ether oxygens (including phenoxy) is 1. The van der Waals surface area contributed by atoms with Gasteiger partial charge in [-0.2, -0.15) is 0 Å². The maximum atomic E-state index is 12.5. The quantitative estimate of drug-likeness (QED) is 0.618. The Balaban J connectivity index is 1.65. The Morgan fingerprint density at radius 1 is 1.13 bits per heavy atom. The molecule has 0 heterocycles. The minimum atomic E-state index is -3.69. The highest BCUT2D eigenvalue weighted by molar-refractivity contribution is 7.89. The van der Waals surface area contributed by atoms with E-state index < -0.39 is 22.6 Å². The largest absolute Gasteiger partial charge is 0.452 e. The van der Waals surface area contributed by atoms with Gasteiger partial charge in [-0.15, -0.1) is 0 Å². The molecule has 30 heavy (non-hydrogen) atoms. The number of aryl methyl sites for hydroxylation is 1. The molecule has 1 fully saturated rings. The first-order valence-corrected chi connectivity index (χ1v) is 11.4. The maximum Gasteiger partial charge on any atom is 0.338 e. The number of esters is 1. The fraction of sp³-hybridized carbons (Fsp3) is 0.364. The number of nitrogens with one attached hydrogen (secondary N) is 1. The van der Waals surface area contributed by atoms with Crippen LogP contribution < -0.4 is 4.72 Å². The highest BCUT2D eigenvalue weighted by atomic mass is 32.2. The Labute approximate surface area is 177 Å². The molecule has 2 aromatic carbocycles. The molecular weight excluding hydrogens is 404 g/mol. The lowest BCUT2D eigenvalue weighted by molar-refractivity contribution is -0.134. The van der Waals surface area contributed by atoms with Crippen molar-refractivity contribution < 1.29 is 22.7 Å². The normalized spacial score (nSPS) is 13.7. The van der Waals surface area contributed by atoms with Crippen molar-refractivity contribution in [2.75, 3.05) is 13.2 Å². The standard InChI is InChI=1S/C22H26N2O5S/c1-3-24(14-17-7-5-4-6-8-17)21(25)15-29-22(26)20-13-19(12-9-16(20)2)30(27,28)23-18-10-11-18/h4-9,12-13,18,23H,3,10-11,14-15H2,1-2H3. The number of amides is 1. The molecule has 8 heteroatoms. The number of hydrogen-bond acceptors (Lipinski definition) is 5. The van der Waals surface area contributed by atoms with Gasteiger partial charge in [0.15, 0.2) is 6.61 Å². The summed E-state index contributed by atoms with van der Waals surface area (Å²) in [4.78, 5) is 26.6. The van der Waals surface area contributed by atoms with Gasteiger partial charge in [-0.1, -0.05) is 36.4 Å². The first-order valence-electron chi connectivity index (χ1n) is 9.92. The molecule has 0 radical (unpaired) electrons. The highest BCUT2D eigenvalue weighted by Crippen LogP contribution is 2.23. The third-order valence-electron chi connectivity index (χ3n) is 4.92. The second-order valence-electron chi connectivity index (χ2n) is 7.34. The van der Waals surface area contributed by atoms with E-state index in [1.165, 1.54) is 12.1 Å². The number of sulfonamides is 1. The number of benzene rings is 2. The number of likely N-dealkylation sites (N-methyl/N-ethyl adjacent to an activating group) is 1. The third kappa shape index (κ3) is 5.67. The van der Waals surface area contributed by atoms with Crippen molar-refractivity contribution in [3.05, 3.63) is 65.2 Å². The lowest BCUT2D eigenvalue weighted by Crippen LogP contribution is -2.34. The summed E-state index contributed by atoms with van der Waals surface area (Å²) in [7, 11) is -3.69. The van der Waals surface area contributed by atoms with Gasteiger partial charge in [-0.3, -0.25) is 4.79 Å². The molecule has 0 atom stereocenters. The first kappa shape index (κ1) is 22.0. The molecule has 0 unspecified atom stereocenters. The molecule has 1 amide bonds. The van der Waals surface area contributed by atoms with Gasteiger partial charge in [-0.25, -0.2) is 17.9 Å². The zero-order chi connectivity index (χ0) is 21.7. The lowest BCUT2D eigenvalue weighted by Gasteiger charge is -2.21. The van der Waals surface area contributed by atoms with Gasteiger partial charge in [-0.05, 0) is 49.9 Å². The predicted molar refractivity (Wildman–Crippen MR) is 112 cm³/mol. The van der Waals surface area contributed by atoms with Crippen molar-refractivity contribution in [2.24, 2.45) is 0 Å². The molecule has 7 nitrogen and oxygen atoms in total. The summed E-state index contributed by atoms with van der Waals surface area (Å²) >= 11 is 0. The van der Waals surface area contributed by atoms with E-state index in [2.05, 4.69) is 4.72 Å². The summed E-state index contributed by atoms with van der Waals surface area (Å²) in [5.41, 5.74) is 1.69. The van der Waals surface area contributed by atoms with Crippen LogP contribution in [0, 0.1) is 6.92 Å². The molecule has 3 rings (SSSR count). The van der Waals surface area contributed by atoms with Crippen LogP contribution >= 0.6 is 0 Å². The molecule has 1 aliphatic carbocycles. The van der Waals surface area contributed by atoms with Crippen molar-refractivity contribution in [3.63, 3.8) is 0 Å². The van der Waals surface area contributed by atoms with Crippen molar-refractivity contribution >= 4 is 21.9 Å². The molecule has 1 N–H and O–H groups in total. The van der Waals surface area contributed by atoms with E-state index in [9.17, 15) is 18.0 Å². The van der Waals surface area contributed by atoms with Gasteiger partial charge in [0, 0.05) is 19.1 Å². The van der Waals surface area contributed by atoms with Gasteiger partial charge >= 0.3 is 5.97 Å². The zero-order valence-electron chi connectivity index (χ0n) is 17.1. The number of nitrogens with zero attached hydrogens (tertiary/aromatic N) is 1. The van der Waals surface area contributed by atoms with Crippen LogP contribution in [0.3, 0.4) is 0 Å². The summed E-state index contributed by atoms with van der Waals surface area (Å²) in [5, 5.41) is 0. The molecule has 0 aliphatic heterocycles. The van der Waals surface area contributed by atoms with Crippen LogP contribution in [-0.4, -0.2) is 44.4 Å². The first-order chi connectivity index (χ1) is 14.3. The van der Waals surface area contributed by atoms with Gasteiger partial charge in [0.05, 0.1) is 10.5 Å². The fourth-order valence-corrected chi connectivity index (χ4v) is 4.28. The minimum absolute atomic E-state index is 0.0116. The smallest absolute Gasteiger partial charge is 0.338 e. The van der Waals surface area contributed by atoms with Gasteiger partial charge in [0.2, 0.25) is 10.0 Å². The van der Waals surface area contributed by atoms with Gasteiger partial charge in [0.1, 0.15) is 0 Å². The van der Waals surface area contributed by atoms with Crippen LogP contribution in [0.2, 0.25) is 0 Å². The van der Waals surface area contributed by atoms with Crippen molar-refractivity contribution in [2.45, 2.75) is 44.2 Å². The monoisotopic (exact) mass is 430 g/mol. The Bertz CT molecular complexity index is 1020. The van der Waals surface area contributed by atoms with Gasteiger partial charge < -0.3 is 9.64 Å². The topological polar surface area (TPSA) is 92.8 Å². The van der Waals surface area contributed by atoms with E-state index in [1.54, 1.807) is 17.9 Å². The Morgan fingerprint density at radius 3 is 2.47 bits per heavy atom. The molecule has 0 aromatic heterocycles. The van der Waals surface area contributed by atoms with Crippen LogP contribution in [0.4, 0.5) is 0 Å². The van der Waals surface area contributed by atoms with E-state index in [0.717, 1.165) is 18.4 Å². The molecule has 1 aliphatic rings. The molecule has 0 spiro atoms. The number of hydrogen-bond donors (Lipinski definition) is 1. The Hall–Kier alpha value is -2.71. The maximum absolute atomic E-state index is 12.5. The van der Waals surface area contributed by atoms with Crippen molar-refractivity contribution in [1.29, 1.82) is 0 Å². The highest BCUT2D eigenvalue weighted by Gasteiger charge is 2.28. The van der Waals surface area contributed by atoms with Crippen LogP contribution in [-0.2, 0) is 26.1 Å². The summed E-state index contributed by atoms with van der Waals surface area (Å²) in [5.74, 6) is -1.04. The van der Waals surface area contributed by atoms with Gasteiger partial charge in [0.25, 0.3) is 5.91 Å². The molecule has 0 saturated heterocycles. The summed E-state index contributed by atoms with van der Waals surface area (Å²) in [6.07, 6.45) is 1.64. The van der Waals surface area contributed by atoms with Crippen molar-refractivity contribution in [1.82, 2.24) is 9.62 Å². The SMILES string of the molecule is CCN(Cc1ccccc1)C(=O)COC(=O)c1cc(S(=O)(=O)NC2CC2)ccc1C. The van der Waals surface area contributed by atoms with Crippen LogP contribution in [0.5, 0.6) is 0 Å². The summed E-state index contributed by atoms with van der Waals surface area (Å²) in [6.45, 7) is 4.04. The molecule has 1 saturated carbocycles. The third-order valence-corrected chi connectivity index (χ3v) is 6.43. The molecular formula is C22H26N2O5S. The van der Waals surface area contributed by atoms with Crippen LogP contribution in [0.15, 0.2) is 53.4 Å². The van der Waals surface area contributed by atoms with E-state index in [4.69, 9.17) is 4.74 Å². The molecule has 2 aromatic rings. The lowest BCUT2D eigenvalue weighted by atomic mass is 10.1. The number of rotatable bonds is 9. The zero-order valence-corrected chi connectivity index (χ0v) is 17.9. The average Bonchev–Trinajstić information content (AvgIpc) is 3.54. The van der Waals surface area contributed by atoms with E-state index in [-0.39, 0.29) is 22.4 Å². The van der Waals surface area contributed by atoms with Crippen molar-refractivity contribution in [3.8, 4) is 0 Å². The van der Waals surface area contributed by atoms with E-state index in [1.807, 2.05) is 37.3 Å². The molecule has 0 bridgehead atoms. The summed E-state index contributed by atoms with van der Waals surface area (Å²) in [6, 6.07) is 13.8. The number of carbonyl (C=O) groups excluding carboxylic acids is 2. The Morgan fingerprint density at radius 2 is 1.83 bits per heavy atom. The minimum Gasteiger partial charge on any atom is -0.452 e. The second kappa shape index (κ2) is 9.40. The fourth-order valence-electron chi connectivity index (χ4n) is 2.95. The average molecular weight is 431 g/mol. The molecule has 160 valence electrons. The van der Waals surface area contributed by atoms with E-state index >= 15 is 0 Å². The van der Waals surface area contributed by atoms with Crippen LogP contribution in [0.1, 0.15) is 41.3 Å². The van der Waals surface area contributed by atoms with E-state index in [0.29, 0.717) is 18.7 Å². The summed E-state index contributed by atoms with van der Waals surface area (Å²) < 4.78 is 32.6. The number of carbonyl (C=O) groups is 2. The van der Waals surface area contributed by atoms with Crippen LogP contribution in [0.25, 0.3) is 0 Å². The predicted octanol–water partition coefficient (Wildman–Crippen LogP) is 2.64. The second-order valence-corrected chi connectivity index (χ2v) is 9.06.